The van der Waals surface area contributed by atoms with Gasteiger partial charge in [0.1, 0.15) is 5.82 Å². The quantitative estimate of drug-likeness (QED) is 0.788. The van der Waals surface area contributed by atoms with E-state index in [1.165, 1.54) is 6.07 Å². The number of amides is 2. The molecule has 1 unspecified atom stereocenters. The van der Waals surface area contributed by atoms with Gasteiger partial charge in [0.2, 0.25) is 11.8 Å². The van der Waals surface area contributed by atoms with Gasteiger partial charge in [-0.25, -0.2) is 4.39 Å². The highest BCUT2D eigenvalue weighted by atomic mass is 19.1. The lowest BCUT2D eigenvalue weighted by atomic mass is 10.1. The summed E-state index contributed by atoms with van der Waals surface area (Å²) in [5.41, 5.74) is 6.63. The Kier molecular flexibility index (Phi) is 4.46. The Hall–Kier alpha value is -1.79. The molecule has 2 rings (SSSR count). The highest BCUT2D eigenvalue weighted by Crippen LogP contribution is 2.17. The van der Waals surface area contributed by atoms with Crippen molar-refractivity contribution in [3.05, 3.63) is 35.1 Å². The molecule has 2 amide bonds. The molecule has 1 aliphatic rings. The first-order valence-corrected chi connectivity index (χ1v) is 6.60. The monoisotopic (exact) mass is 279 g/mol. The summed E-state index contributed by atoms with van der Waals surface area (Å²) in [5.74, 6) is -1.03. The first-order chi connectivity index (χ1) is 9.55. The first kappa shape index (κ1) is 14.6. The third-order valence-corrected chi connectivity index (χ3v) is 3.47. The zero-order chi connectivity index (χ0) is 14.7. The number of nitrogens with two attached hydrogens (primary N) is 1. The first-order valence-electron chi connectivity index (χ1n) is 6.60. The molecule has 1 saturated heterocycles. The van der Waals surface area contributed by atoms with Gasteiger partial charge in [-0.3, -0.25) is 19.8 Å². The summed E-state index contributed by atoms with van der Waals surface area (Å²) in [4.78, 5) is 24.9. The van der Waals surface area contributed by atoms with E-state index in [1.807, 2.05) is 6.92 Å². The van der Waals surface area contributed by atoms with Crippen LogP contribution in [-0.4, -0.2) is 29.3 Å². The lowest BCUT2D eigenvalue weighted by molar-refractivity contribution is -0.140. The normalized spacial score (nSPS) is 20.1. The Morgan fingerprint density at radius 1 is 1.45 bits per heavy atom. The van der Waals surface area contributed by atoms with Crippen LogP contribution in [-0.2, 0) is 22.7 Å². The second-order valence-electron chi connectivity index (χ2n) is 4.87. The maximum Gasteiger partial charge on any atom is 0.243 e. The summed E-state index contributed by atoms with van der Waals surface area (Å²) in [6.07, 6.45) is 0.571. The highest BCUT2D eigenvalue weighted by Gasteiger charge is 2.32. The molecular weight excluding hydrogens is 261 g/mol. The summed E-state index contributed by atoms with van der Waals surface area (Å²) in [6, 6.07) is 4.40. The molecule has 0 bridgehead atoms. The minimum Gasteiger partial charge on any atom is -0.326 e. The number of nitrogens with zero attached hydrogens (tertiary/aromatic N) is 1. The minimum absolute atomic E-state index is 0.0995. The van der Waals surface area contributed by atoms with Crippen LogP contribution in [0.25, 0.3) is 0 Å². The van der Waals surface area contributed by atoms with Crippen molar-refractivity contribution in [1.82, 2.24) is 10.2 Å². The second-order valence-corrected chi connectivity index (χ2v) is 4.87. The molecule has 108 valence electrons. The number of halogens is 1. The van der Waals surface area contributed by atoms with Gasteiger partial charge in [0.05, 0.1) is 12.6 Å². The van der Waals surface area contributed by atoms with Gasteiger partial charge in [0, 0.05) is 18.7 Å². The van der Waals surface area contributed by atoms with Crippen molar-refractivity contribution in [3.63, 3.8) is 0 Å². The molecule has 1 aromatic rings. The van der Waals surface area contributed by atoms with Crippen molar-refractivity contribution in [2.45, 2.75) is 32.5 Å². The molecule has 3 N–H and O–H groups in total. The molecule has 1 atom stereocenters. The number of rotatable bonds is 4. The van der Waals surface area contributed by atoms with Gasteiger partial charge in [-0.2, -0.15) is 0 Å². The molecule has 20 heavy (non-hydrogen) atoms. The Labute approximate surface area is 116 Å². The fourth-order valence-corrected chi connectivity index (χ4v) is 2.40. The second kappa shape index (κ2) is 6.11. The fraction of sp³-hybridized carbons (Fsp3) is 0.429. The van der Waals surface area contributed by atoms with E-state index >= 15 is 0 Å². The Morgan fingerprint density at radius 3 is 2.80 bits per heavy atom. The minimum atomic E-state index is -0.402. The van der Waals surface area contributed by atoms with Crippen LogP contribution in [0.5, 0.6) is 0 Å². The number of carbonyl (C=O) groups is 2. The molecule has 6 heteroatoms. The van der Waals surface area contributed by atoms with E-state index in [-0.39, 0.29) is 37.3 Å². The molecule has 0 aromatic heterocycles. The zero-order valence-electron chi connectivity index (χ0n) is 11.4. The van der Waals surface area contributed by atoms with Gasteiger partial charge in [-0.15, -0.1) is 0 Å². The van der Waals surface area contributed by atoms with E-state index in [1.54, 1.807) is 17.0 Å². The predicted octanol–water partition coefficient (Wildman–Crippen LogP) is 0.521. The summed E-state index contributed by atoms with van der Waals surface area (Å²) in [5, 5.41) is 2.30. The molecule has 0 aliphatic carbocycles. The van der Waals surface area contributed by atoms with Gasteiger partial charge < -0.3 is 5.73 Å². The standard InChI is InChI=1S/C14H18FN3O2/c1-2-12-14(20)17-13(19)8-18(12)7-10-4-3-9(6-16)5-11(10)15/h3-5,12H,2,6-8,16H2,1H3,(H,17,19,20). The van der Waals surface area contributed by atoms with Crippen molar-refractivity contribution in [2.24, 2.45) is 5.73 Å². The van der Waals surface area contributed by atoms with E-state index in [9.17, 15) is 14.0 Å². The predicted molar refractivity (Wildman–Crippen MR) is 71.9 cm³/mol. The van der Waals surface area contributed by atoms with Crippen LogP contribution in [0.2, 0.25) is 0 Å². The van der Waals surface area contributed by atoms with E-state index in [0.29, 0.717) is 17.5 Å². The number of carbonyl (C=O) groups excluding carboxylic acids is 2. The van der Waals surface area contributed by atoms with Crippen LogP contribution in [0, 0.1) is 5.82 Å². The van der Waals surface area contributed by atoms with E-state index in [0.717, 1.165) is 0 Å². The van der Waals surface area contributed by atoms with Crippen molar-refractivity contribution in [3.8, 4) is 0 Å². The number of benzene rings is 1. The van der Waals surface area contributed by atoms with Crippen LogP contribution in [0.4, 0.5) is 4.39 Å². The Balaban J connectivity index is 2.18. The highest BCUT2D eigenvalue weighted by molar-refractivity contribution is 6.01. The van der Waals surface area contributed by atoms with Gasteiger partial charge >= 0.3 is 0 Å². The summed E-state index contributed by atoms with van der Waals surface area (Å²) >= 11 is 0. The van der Waals surface area contributed by atoms with Crippen LogP contribution in [0.1, 0.15) is 24.5 Å². The van der Waals surface area contributed by atoms with Gasteiger partial charge in [-0.05, 0) is 18.1 Å². The molecule has 5 nitrogen and oxygen atoms in total. The fourth-order valence-electron chi connectivity index (χ4n) is 2.40. The lowest BCUT2D eigenvalue weighted by Crippen LogP contribution is -2.57. The van der Waals surface area contributed by atoms with Crippen molar-refractivity contribution in [1.29, 1.82) is 0 Å². The van der Waals surface area contributed by atoms with Crippen LogP contribution in [0.15, 0.2) is 18.2 Å². The third-order valence-electron chi connectivity index (χ3n) is 3.47. The molecule has 0 saturated carbocycles. The van der Waals surface area contributed by atoms with Crippen LogP contribution < -0.4 is 11.1 Å². The number of nitrogens with one attached hydrogen (secondary N) is 1. The van der Waals surface area contributed by atoms with E-state index < -0.39 is 6.04 Å². The maximum absolute atomic E-state index is 13.9. The summed E-state index contributed by atoms with van der Waals surface area (Å²) in [7, 11) is 0. The molecule has 1 heterocycles. The van der Waals surface area contributed by atoms with E-state index in [2.05, 4.69) is 5.32 Å². The van der Waals surface area contributed by atoms with Crippen molar-refractivity contribution >= 4 is 11.8 Å². The SMILES string of the molecule is CCC1C(=O)NC(=O)CN1Cc1ccc(CN)cc1F. The number of hydrogen-bond donors (Lipinski definition) is 2. The Bertz CT molecular complexity index is 533. The van der Waals surface area contributed by atoms with Crippen molar-refractivity contribution < 1.29 is 14.0 Å². The molecule has 1 aliphatic heterocycles. The van der Waals surface area contributed by atoms with Crippen molar-refractivity contribution in [2.75, 3.05) is 6.54 Å². The molecule has 0 radical (unpaired) electrons. The van der Waals surface area contributed by atoms with E-state index in [4.69, 9.17) is 5.73 Å². The topological polar surface area (TPSA) is 75.4 Å². The maximum atomic E-state index is 13.9. The third kappa shape index (κ3) is 3.02. The number of imide groups is 1. The molecule has 1 aromatic carbocycles. The molecule has 1 fully saturated rings. The largest absolute Gasteiger partial charge is 0.326 e. The number of hydrogen-bond acceptors (Lipinski definition) is 4. The van der Waals surface area contributed by atoms with Gasteiger partial charge in [-0.1, -0.05) is 19.1 Å². The summed E-state index contributed by atoms with van der Waals surface area (Å²) in [6.45, 7) is 2.47. The van der Waals surface area contributed by atoms with Crippen LogP contribution in [0.3, 0.4) is 0 Å². The smallest absolute Gasteiger partial charge is 0.243 e. The molecule has 0 spiro atoms. The average molecular weight is 279 g/mol. The lowest BCUT2D eigenvalue weighted by Gasteiger charge is -2.33. The Morgan fingerprint density at radius 2 is 2.20 bits per heavy atom. The molecular formula is C14H18FN3O2. The van der Waals surface area contributed by atoms with Gasteiger partial charge in [0.25, 0.3) is 0 Å². The average Bonchev–Trinajstić information content (AvgIpc) is 2.40. The number of piperazine rings is 1. The summed E-state index contributed by atoms with van der Waals surface area (Å²) < 4.78 is 13.9. The van der Waals surface area contributed by atoms with Crippen LogP contribution >= 0.6 is 0 Å². The zero-order valence-corrected chi connectivity index (χ0v) is 11.4. The van der Waals surface area contributed by atoms with Gasteiger partial charge in [0.15, 0.2) is 0 Å².